The van der Waals surface area contributed by atoms with E-state index in [-0.39, 0.29) is 12.3 Å². The molecule has 3 rings (SSSR count). The van der Waals surface area contributed by atoms with Gasteiger partial charge < -0.3 is 23.8 Å². The van der Waals surface area contributed by atoms with Crippen LogP contribution in [0.5, 0.6) is 0 Å². The van der Waals surface area contributed by atoms with E-state index in [0.717, 1.165) is 21.2 Å². The summed E-state index contributed by atoms with van der Waals surface area (Å²) in [5.74, 6) is 0.926. The third kappa shape index (κ3) is 6.06. The second-order valence-corrected chi connectivity index (χ2v) is 5.26. The lowest BCUT2D eigenvalue weighted by atomic mass is 10.1. The molecule has 0 saturated carbocycles. The Kier molecular flexibility index (Phi) is 9.45. The third-order valence-corrected chi connectivity index (χ3v) is 3.49. The maximum Gasteiger partial charge on any atom is 0.125 e. The molecule has 0 aliphatic heterocycles. The zero-order valence-corrected chi connectivity index (χ0v) is 14.6. The molecule has 5 nitrogen and oxygen atoms in total. The molecule has 0 unspecified atom stereocenters. The minimum atomic E-state index is 0. The molecule has 1 aromatic heterocycles. The van der Waals surface area contributed by atoms with Crippen LogP contribution in [0.3, 0.4) is 0 Å². The second kappa shape index (κ2) is 10.5. The summed E-state index contributed by atoms with van der Waals surface area (Å²) in [7, 11) is 0. The predicted molar refractivity (Wildman–Crippen MR) is 105 cm³/mol. The average molecular weight is 366 g/mol. The molecule has 0 atom stereocenters. The van der Waals surface area contributed by atoms with Crippen molar-refractivity contribution in [3.8, 4) is 11.1 Å². The van der Waals surface area contributed by atoms with Crippen LogP contribution in [0.2, 0.25) is 10.0 Å². The smallest absolute Gasteiger partial charge is 0.125 e. The van der Waals surface area contributed by atoms with Crippen LogP contribution in [0, 0.1) is 0 Å². The van der Waals surface area contributed by atoms with E-state index in [1.807, 2.05) is 48.5 Å². The number of hydrogen-bond donors (Lipinski definition) is 4. The van der Waals surface area contributed by atoms with Crippen LogP contribution >= 0.6 is 23.2 Å². The van der Waals surface area contributed by atoms with Crippen LogP contribution in [0.15, 0.2) is 66.7 Å². The summed E-state index contributed by atoms with van der Waals surface area (Å²) in [5, 5.41) is 1.45. The van der Waals surface area contributed by atoms with E-state index < -0.39 is 0 Å². The molecule has 3 aromatic rings. The number of benzene rings is 2. The van der Waals surface area contributed by atoms with Gasteiger partial charge >= 0.3 is 0 Å². The van der Waals surface area contributed by atoms with Crippen LogP contribution < -0.4 is 23.8 Å². The van der Waals surface area contributed by atoms with Crippen molar-refractivity contribution in [1.29, 1.82) is 0 Å². The van der Waals surface area contributed by atoms with E-state index in [9.17, 15) is 0 Å². The zero-order valence-electron chi connectivity index (χ0n) is 13.1. The van der Waals surface area contributed by atoms with Crippen LogP contribution in [0.4, 0.5) is 11.6 Å². The van der Waals surface area contributed by atoms with E-state index in [2.05, 4.69) is 4.98 Å². The number of nitrogens with two attached hydrogens (primary N) is 2. The van der Waals surface area contributed by atoms with Crippen molar-refractivity contribution in [3.63, 3.8) is 0 Å². The number of pyridine rings is 1. The molecule has 1 heterocycles. The highest BCUT2D eigenvalue weighted by atomic mass is 35.5. The summed E-state index contributed by atoms with van der Waals surface area (Å²) in [6.45, 7) is 0. The SMILES string of the molecule is Clc1ccccc1-c1ccccc1Cl.N.N.Nc1cccc(N)n1. The molecule has 0 fully saturated rings. The number of nitrogen functional groups attached to an aromatic ring is 2. The normalized spacial score (nSPS) is 8.92. The van der Waals surface area contributed by atoms with Gasteiger partial charge in [0.25, 0.3) is 0 Å². The van der Waals surface area contributed by atoms with Crippen molar-refractivity contribution in [2.45, 2.75) is 0 Å². The summed E-state index contributed by atoms with van der Waals surface area (Å²) in [5.41, 5.74) is 12.5. The Bertz CT molecular complexity index is 704. The van der Waals surface area contributed by atoms with Gasteiger partial charge in [-0.05, 0) is 24.3 Å². The first-order valence-electron chi connectivity index (χ1n) is 6.55. The minimum Gasteiger partial charge on any atom is -0.384 e. The molecule has 10 N–H and O–H groups in total. The summed E-state index contributed by atoms with van der Waals surface area (Å²) in [6, 6.07) is 20.5. The maximum absolute atomic E-state index is 6.07. The number of nitrogens with zero attached hydrogens (tertiary/aromatic N) is 1. The molecule has 0 aliphatic carbocycles. The van der Waals surface area contributed by atoms with Crippen molar-refractivity contribution in [2.75, 3.05) is 11.5 Å². The number of halogens is 2. The van der Waals surface area contributed by atoms with E-state index >= 15 is 0 Å². The lowest BCUT2D eigenvalue weighted by molar-refractivity contribution is 1.34. The summed E-state index contributed by atoms with van der Waals surface area (Å²) < 4.78 is 0. The first-order valence-corrected chi connectivity index (χ1v) is 7.31. The van der Waals surface area contributed by atoms with E-state index in [4.69, 9.17) is 34.7 Å². The molecule has 0 saturated heterocycles. The third-order valence-electron chi connectivity index (χ3n) is 2.83. The molecule has 24 heavy (non-hydrogen) atoms. The highest BCUT2D eigenvalue weighted by Crippen LogP contribution is 2.32. The second-order valence-electron chi connectivity index (χ2n) is 4.45. The summed E-state index contributed by atoms with van der Waals surface area (Å²) >= 11 is 12.1. The molecule has 0 bridgehead atoms. The molecule has 128 valence electrons. The van der Waals surface area contributed by atoms with Gasteiger partial charge in [0.05, 0.1) is 0 Å². The van der Waals surface area contributed by atoms with Crippen LogP contribution in [-0.2, 0) is 0 Å². The number of anilines is 2. The van der Waals surface area contributed by atoms with Crippen molar-refractivity contribution >= 4 is 34.8 Å². The van der Waals surface area contributed by atoms with Gasteiger partial charge in [0.1, 0.15) is 11.6 Å². The fraction of sp³-hybridized carbons (Fsp3) is 0. The van der Waals surface area contributed by atoms with Gasteiger partial charge in [-0.15, -0.1) is 0 Å². The Balaban J connectivity index is 0.000000460. The van der Waals surface area contributed by atoms with Crippen LogP contribution in [0.1, 0.15) is 0 Å². The van der Waals surface area contributed by atoms with Gasteiger partial charge in [0, 0.05) is 21.2 Å². The number of aromatic nitrogens is 1. The Morgan fingerprint density at radius 1 is 0.583 bits per heavy atom. The summed E-state index contributed by atoms with van der Waals surface area (Å²) in [6.07, 6.45) is 0. The largest absolute Gasteiger partial charge is 0.384 e. The number of hydrogen-bond acceptors (Lipinski definition) is 5. The zero-order chi connectivity index (χ0) is 15.9. The van der Waals surface area contributed by atoms with Gasteiger partial charge in [0.15, 0.2) is 0 Å². The standard InChI is InChI=1S/C12H8Cl2.C5H7N3.2H3N/c13-11-7-3-1-5-9(11)10-6-2-4-8-12(10)14;6-4-2-1-3-5(7)8-4;;/h1-8H;1-3H,(H4,6,7,8);2*1H3. The number of rotatable bonds is 1. The molecular weight excluding hydrogens is 345 g/mol. The Morgan fingerprint density at radius 2 is 0.958 bits per heavy atom. The minimum absolute atomic E-state index is 0. The fourth-order valence-electron chi connectivity index (χ4n) is 1.83. The molecular formula is C17H21Cl2N5. The monoisotopic (exact) mass is 365 g/mol. The van der Waals surface area contributed by atoms with E-state index in [0.29, 0.717) is 11.6 Å². The predicted octanol–water partition coefficient (Wildman–Crippen LogP) is 5.23. The topological polar surface area (TPSA) is 135 Å². The molecule has 7 heteroatoms. The molecule has 2 aromatic carbocycles. The van der Waals surface area contributed by atoms with Crippen molar-refractivity contribution in [2.24, 2.45) is 0 Å². The van der Waals surface area contributed by atoms with Gasteiger partial charge in [-0.1, -0.05) is 65.7 Å². The molecule has 0 radical (unpaired) electrons. The average Bonchev–Trinajstić information content (AvgIpc) is 2.49. The Labute approximate surface area is 151 Å². The Morgan fingerprint density at radius 3 is 1.25 bits per heavy atom. The van der Waals surface area contributed by atoms with E-state index in [1.165, 1.54) is 0 Å². The van der Waals surface area contributed by atoms with Crippen LogP contribution in [0.25, 0.3) is 11.1 Å². The van der Waals surface area contributed by atoms with Gasteiger partial charge in [-0.2, -0.15) is 0 Å². The van der Waals surface area contributed by atoms with Crippen molar-refractivity contribution < 1.29 is 0 Å². The quantitative estimate of drug-likeness (QED) is 0.467. The fourth-order valence-corrected chi connectivity index (χ4v) is 2.30. The maximum atomic E-state index is 6.07. The first-order chi connectivity index (χ1) is 10.6. The summed E-state index contributed by atoms with van der Waals surface area (Å²) in [4.78, 5) is 3.73. The van der Waals surface area contributed by atoms with Crippen molar-refractivity contribution in [1.82, 2.24) is 17.3 Å². The van der Waals surface area contributed by atoms with Gasteiger partial charge in [0.2, 0.25) is 0 Å². The molecule has 0 spiro atoms. The highest BCUT2D eigenvalue weighted by Gasteiger charge is 2.05. The van der Waals surface area contributed by atoms with Crippen LogP contribution in [-0.4, -0.2) is 4.98 Å². The van der Waals surface area contributed by atoms with Gasteiger partial charge in [-0.3, -0.25) is 0 Å². The first kappa shape index (κ1) is 21.7. The molecule has 0 aliphatic rings. The van der Waals surface area contributed by atoms with E-state index in [1.54, 1.807) is 18.2 Å². The lowest BCUT2D eigenvalue weighted by Crippen LogP contribution is -1.93. The highest BCUT2D eigenvalue weighted by molar-refractivity contribution is 6.36. The van der Waals surface area contributed by atoms with Crippen molar-refractivity contribution in [3.05, 3.63) is 76.8 Å². The Hall–Kier alpha value is -2.31. The molecule has 0 amide bonds. The lowest BCUT2D eigenvalue weighted by Gasteiger charge is -2.05. The van der Waals surface area contributed by atoms with Gasteiger partial charge in [-0.25, -0.2) is 4.98 Å².